The van der Waals surface area contributed by atoms with Crippen LogP contribution in [0.3, 0.4) is 0 Å². The van der Waals surface area contributed by atoms with Gasteiger partial charge in [-0.25, -0.2) is 0 Å². The van der Waals surface area contributed by atoms with Gasteiger partial charge in [0.1, 0.15) is 0 Å². The van der Waals surface area contributed by atoms with E-state index >= 15 is 0 Å². The lowest BCUT2D eigenvalue weighted by atomic mass is 10.1. The largest absolute Gasteiger partial charge is 0.493 e. The molecule has 0 bridgehead atoms. The Morgan fingerprint density at radius 2 is 2.00 bits per heavy atom. The van der Waals surface area contributed by atoms with Crippen LogP contribution in [-0.2, 0) is 16.0 Å². The smallest absolute Gasteiger partial charge is 0.225 e. The van der Waals surface area contributed by atoms with Crippen molar-refractivity contribution in [1.82, 2.24) is 10.2 Å². The number of carbonyl (C=O) groups excluding carboxylic acids is 2. The van der Waals surface area contributed by atoms with Gasteiger partial charge in [0.15, 0.2) is 11.5 Å². The van der Waals surface area contributed by atoms with Crippen molar-refractivity contribution in [3.8, 4) is 11.5 Å². The van der Waals surface area contributed by atoms with Gasteiger partial charge in [-0.05, 0) is 37.0 Å². The van der Waals surface area contributed by atoms with Crippen molar-refractivity contribution >= 4 is 11.8 Å². The fourth-order valence-corrected chi connectivity index (χ4v) is 3.01. The normalized spacial score (nSPS) is 20.2. The highest BCUT2D eigenvalue weighted by Crippen LogP contribution is 2.28. The highest BCUT2D eigenvalue weighted by Gasteiger charge is 2.36. The Kier molecular flexibility index (Phi) is 4.92. The molecule has 3 rings (SSSR count). The Hall–Kier alpha value is -2.24. The van der Waals surface area contributed by atoms with E-state index in [1.54, 1.807) is 19.1 Å². The van der Waals surface area contributed by atoms with E-state index in [2.05, 4.69) is 5.32 Å². The second-order valence-corrected chi connectivity index (χ2v) is 6.46. The molecular formula is C18H24N2O4. The summed E-state index contributed by atoms with van der Waals surface area (Å²) < 4.78 is 10.5. The molecule has 2 aliphatic rings. The Labute approximate surface area is 142 Å². The monoisotopic (exact) mass is 332 g/mol. The molecule has 1 saturated heterocycles. The quantitative estimate of drug-likeness (QED) is 0.819. The van der Waals surface area contributed by atoms with Gasteiger partial charge in [0.2, 0.25) is 11.8 Å². The van der Waals surface area contributed by atoms with Crippen LogP contribution >= 0.6 is 0 Å². The van der Waals surface area contributed by atoms with Crippen LogP contribution in [0.2, 0.25) is 0 Å². The second-order valence-electron chi connectivity index (χ2n) is 6.46. The summed E-state index contributed by atoms with van der Waals surface area (Å²) >= 11 is 0. The van der Waals surface area contributed by atoms with Crippen molar-refractivity contribution in [2.75, 3.05) is 27.3 Å². The van der Waals surface area contributed by atoms with Gasteiger partial charge in [-0.3, -0.25) is 9.59 Å². The molecule has 0 spiro atoms. The first-order valence-corrected chi connectivity index (χ1v) is 8.39. The van der Waals surface area contributed by atoms with Gasteiger partial charge < -0.3 is 19.7 Å². The minimum Gasteiger partial charge on any atom is -0.493 e. The predicted molar refractivity (Wildman–Crippen MR) is 89.1 cm³/mol. The van der Waals surface area contributed by atoms with Crippen LogP contribution in [0.15, 0.2) is 18.2 Å². The standard InChI is InChI=1S/C18H24N2O4/c1-23-15-6-3-12(9-16(15)24-2)7-8-20-11-13(10-17(20)21)18(22)19-14-4-5-14/h3,6,9,13-14H,4-5,7-8,10-11H2,1-2H3,(H,19,22). The number of carbonyl (C=O) groups is 2. The molecule has 1 aliphatic heterocycles. The van der Waals surface area contributed by atoms with E-state index in [1.165, 1.54) is 0 Å². The number of likely N-dealkylation sites (tertiary alicyclic amines) is 1. The summed E-state index contributed by atoms with van der Waals surface area (Å²) in [6.07, 6.45) is 3.18. The molecule has 6 nitrogen and oxygen atoms in total. The molecule has 2 amide bonds. The molecule has 1 heterocycles. The van der Waals surface area contributed by atoms with Crippen molar-refractivity contribution in [1.29, 1.82) is 0 Å². The van der Waals surface area contributed by atoms with E-state index in [0.717, 1.165) is 24.8 Å². The van der Waals surface area contributed by atoms with Crippen LogP contribution in [-0.4, -0.2) is 50.1 Å². The summed E-state index contributed by atoms with van der Waals surface area (Å²) in [5.74, 6) is 1.26. The van der Waals surface area contributed by atoms with E-state index in [4.69, 9.17) is 9.47 Å². The molecule has 0 radical (unpaired) electrons. The third-order valence-electron chi connectivity index (χ3n) is 4.63. The third-order valence-corrected chi connectivity index (χ3v) is 4.63. The van der Waals surface area contributed by atoms with Gasteiger partial charge in [-0.2, -0.15) is 0 Å². The maximum absolute atomic E-state index is 12.1. The number of amides is 2. The van der Waals surface area contributed by atoms with E-state index in [9.17, 15) is 9.59 Å². The zero-order valence-electron chi connectivity index (χ0n) is 14.2. The van der Waals surface area contributed by atoms with Crippen LogP contribution in [0.25, 0.3) is 0 Å². The molecular weight excluding hydrogens is 308 g/mol. The third kappa shape index (κ3) is 3.80. The predicted octanol–water partition coefficient (Wildman–Crippen LogP) is 1.37. The van der Waals surface area contributed by atoms with Crippen LogP contribution < -0.4 is 14.8 Å². The molecule has 1 saturated carbocycles. The van der Waals surface area contributed by atoms with Crippen LogP contribution in [0, 0.1) is 5.92 Å². The van der Waals surface area contributed by atoms with Crippen LogP contribution in [0.4, 0.5) is 0 Å². The van der Waals surface area contributed by atoms with E-state index in [-0.39, 0.29) is 17.7 Å². The first kappa shape index (κ1) is 16.6. The molecule has 1 unspecified atom stereocenters. The summed E-state index contributed by atoms with van der Waals surface area (Å²) in [5, 5.41) is 2.99. The minimum absolute atomic E-state index is 0.0273. The molecule has 0 aromatic heterocycles. The zero-order valence-corrected chi connectivity index (χ0v) is 14.2. The topological polar surface area (TPSA) is 67.9 Å². The Bertz CT molecular complexity index is 627. The van der Waals surface area contributed by atoms with Crippen molar-refractivity contribution in [3.63, 3.8) is 0 Å². The Balaban J connectivity index is 1.54. The van der Waals surface area contributed by atoms with E-state index in [1.807, 2.05) is 18.2 Å². The summed E-state index contributed by atoms with van der Waals surface area (Å²) in [4.78, 5) is 26.0. The molecule has 1 aromatic rings. The fourth-order valence-electron chi connectivity index (χ4n) is 3.01. The van der Waals surface area contributed by atoms with Crippen molar-refractivity contribution < 1.29 is 19.1 Å². The number of hydrogen-bond donors (Lipinski definition) is 1. The van der Waals surface area contributed by atoms with Gasteiger partial charge in [-0.1, -0.05) is 6.07 Å². The van der Waals surface area contributed by atoms with Gasteiger partial charge in [0.25, 0.3) is 0 Å². The average molecular weight is 332 g/mol. The lowest BCUT2D eigenvalue weighted by Gasteiger charge is -2.17. The summed E-state index contributed by atoms with van der Waals surface area (Å²) in [5.41, 5.74) is 1.08. The van der Waals surface area contributed by atoms with Crippen LogP contribution in [0.1, 0.15) is 24.8 Å². The number of methoxy groups -OCH3 is 2. The number of benzene rings is 1. The lowest BCUT2D eigenvalue weighted by molar-refractivity contribution is -0.129. The number of hydrogen-bond acceptors (Lipinski definition) is 4. The summed E-state index contributed by atoms with van der Waals surface area (Å²) in [6, 6.07) is 6.11. The Morgan fingerprint density at radius 3 is 2.67 bits per heavy atom. The molecule has 2 fully saturated rings. The highest BCUT2D eigenvalue weighted by atomic mass is 16.5. The van der Waals surface area contributed by atoms with E-state index < -0.39 is 0 Å². The molecule has 24 heavy (non-hydrogen) atoms. The van der Waals surface area contributed by atoms with Crippen molar-refractivity contribution in [2.45, 2.75) is 31.7 Å². The molecule has 1 aliphatic carbocycles. The number of ether oxygens (including phenoxy) is 2. The van der Waals surface area contributed by atoms with Crippen molar-refractivity contribution in [3.05, 3.63) is 23.8 Å². The van der Waals surface area contributed by atoms with Crippen molar-refractivity contribution in [2.24, 2.45) is 5.92 Å². The first-order valence-electron chi connectivity index (χ1n) is 8.39. The second kappa shape index (κ2) is 7.11. The molecule has 1 N–H and O–H groups in total. The number of nitrogens with zero attached hydrogens (tertiary/aromatic N) is 1. The highest BCUT2D eigenvalue weighted by molar-refractivity contribution is 5.89. The maximum atomic E-state index is 12.1. The van der Waals surface area contributed by atoms with Crippen LogP contribution in [0.5, 0.6) is 11.5 Å². The minimum atomic E-state index is -0.205. The summed E-state index contributed by atoms with van der Waals surface area (Å²) in [6.45, 7) is 1.13. The zero-order chi connectivity index (χ0) is 17.1. The number of rotatable bonds is 7. The summed E-state index contributed by atoms with van der Waals surface area (Å²) in [7, 11) is 3.21. The fraction of sp³-hybridized carbons (Fsp3) is 0.556. The number of nitrogens with one attached hydrogen (secondary N) is 1. The molecule has 1 aromatic carbocycles. The maximum Gasteiger partial charge on any atom is 0.225 e. The van der Waals surface area contributed by atoms with Gasteiger partial charge >= 0.3 is 0 Å². The van der Waals surface area contributed by atoms with Gasteiger partial charge in [0.05, 0.1) is 20.1 Å². The lowest BCUT2D eigenvalue weighted by Crippen LogP contribution is -2.34. The molecule has 1 atom stereocenters. The average Bonchev–Trinajstić information content (AvgIpc) is 3.33. The van der Waals surface area contributed by atoms with Gasteiger partial charge in [-0.15, -0.1) is 0 Å². The first-order chi connectivity index (χ1) is 11.6. The Morgan fingerprint density at radius 1 is 1.25 bits per heavy atom. The molecule has 130 valence electrons. The van der Waals surface area contributed by atoms with E-state index in [0.29, 0.717) is 37.1 Å². The SMILES string of the molecule is COc1ccc(CCN2CC(C(=O)NC3CC3)CC2=O)cc1OC. The van der Waals surface area contributed by atoms with Gasteiger partial charge in [0, 0.05) is 25.6 Å². The molecule has 6 heteroatoms.